The average molecular weight is 450 g/mol. The zero-order chi connectivity index (χ0) is 22.9. The minimum Gasteiger partial charge on any atom is -0.380 e. The molecule has 0 unspecified atom stereocenters. The topological polar surface area (TPSA) is 122 Å². The Morgan fingerprint density at radius 2 is 2.06 bits per heavy atom. The molecule has 1 saturated heterocycles. The molecule has 0 saturated carbocycles. The van der Waals surface area contributed by atoms with E-state index in [9.17, 15) is 9.18 Å². The molecule has 170 valence electrons. The van der Waals surface area contributed by atoms with Gasteiger partial charge in [0.15, 0.2) is 11.4 Å². The van der Waals surface area contributed by atoms with E-state index in [0.717, 1.165) is 11.3 Å². The summed E-state index contributed by atoms with van der Waals surface area (Å²) in [6.45, 7) is 4.55. The van der Waals surface area contributed by atoms with Crippen molar-refractivity contribution in [3.8, 4) is 11.1 Å². The average Bonchev–Trinajstić information content (AvgIpc) is 3.44. The Labute approximate surface area is 188 Å². The second kappa shape index (κ2) is 8.55. The first kappa shape index (κ1) is 21.0. The van der Waals surface area contributed by atoms with Crippen molar-refractivity contribution in [2.24, 2.45) is 0 Å². The number of H-pyrrole nitrogens is 1. The van der Waals surface area contributed by atoms with Gasteiger partial charge in [0.2, 0.25) is 0 Å². The number of carbonyl (C=O) groups is 1. The van der Waals surface area contributed by atoms with E-state index in [4.69, 9.17) is 15.0 Å². The fourth-order valence-corrected chi connectivity index (χ4v) is 4.03. The van der Waals surface area contributed by atoms with Gasteiger partial charge in [0.1, 0.15) is 11.5 Å². The number of rotatable bonds is 5. The van der Waals surface area contributed by atoms with Gasteiger partial charge in [0.25, 0.3) is 5.91 Å². The number of hydrogen-bond donors (Lipinski definition) is 3. The molecule has 33 heavy (non-hydrogen) atoms. The van der Waals surface area contributed by atoms with E-state index < -0.39 is 11.7 Å². The minimum atomic E-state index is -0.511. The molecule has 1 aliphatic rings. The largest absolute Gasteiger partial charge is 0.380 e. The van der Waals surface area contributed by atoms with Crippen LogP contribution in [0.4, 0.5) is 21.6 Å². The molecule has 4 aromatic rings. The summed E-state index contributed by atoms with van der Waals surface area (Å²) in [5, 5.41) is 14.2. The van der Waals surface area contributed by atoms with E-state index in [1.807, 2.05) is 17.9 Å². The fourth-order valence-electron chi connectivity index (χ4n) is 4.03. The Hall–Kier alpha value is -3.92. The number of fused-ring (bicyclic) bond motifs is 1. The van der Waals surface area contributed by atoms with Gasteiger partial charge in [-0.25, -0.2) is 4.39 Å². The van der Waals surface area contributed by atoms with Gasteiger partial charge in [-0.05, 0) is 42.3 Å². The quantitative estimate of drug-likeness (QED) is 0.425. The summed E-state index contributed by atoms with van der Waals surface area (Å²) in [7, 11) is 0. The van der Waals surface area contributed by atoms with E-state index in [2.05, 4.69) is 20.7 Å². The van der Waals surface area contributed by atoms with Crippen LogP contribution >= 0.6 is 0 Å². The van der Waals surface area contributed by atoms with Crippen LogP contribution < -0.4 is 16.0 Å². The maximum atomic E-state index is 14.8. The van der Waals surface area contributed by atoms with Crippen molar-refractivity contribution in [3.05, 3.63) is 53.6 Å². The number of benzene rings is 2. The van der Waals surface area contributed by atoms with E-state index >= 15 is 0 Å². The number of aryl methyl sites for hydroxylation is 1. The molecule has 0 atom stereocenters. The van der Waals surface area contributed by atoms with Crippen molar-refractivity contribution in [1.29, 1.82) is 0 Å². The second-order valence-electron chi connectivity index (χ2n) is 7.77. The lowest BCUT2D eigenvalue weighted by atomic mass is 10.00. The number of aromatic nitrogens is 3. The van der Waals surface area contributed by atoms with Gasteiger partial charge < -0.3 is 25.2 Å². The summed E-state index contributed by atoms with van der Waals surface area (Å²) in [4.78, 5) is 15.2. The molecule has 1 amide bonds. The van der Waals surface area contributed by atoms with Crippen molar-refractivity contribution in [1.82, 2.24) is 15.4 Å². The van der Waals surface area contributed by atoms with Crippen LogP contribution in [-0.2, 0) is 11.2 Å². The van der Waals surface area contributed by atoms with Gasteiger partial charge >= 0.3 is 0 Å². The standard InChI is InChI=1S/C23H23FN6O3/c1-2-17-20(13-3-6-19-15(11-13)22(25)29-33-19)21(28-27-17)23(31)26-18-5-4-14(12-16(18)24)30-7-9-32-10-8-30/h3-6,11-12H,2,7-10H2,1H3,(H2,25,29)(H,26,31)(H,27,28). The molecule has 5 rings (SSSR count). The van der Waals surface area contributed by atoms with E-state index in [-0.39, 0.29) is 17.2 Å². The Morgan fingerprint density at radius 1 is 1.24 bits per heavy atom. The van der Waals surface area contributed by atoms with Crippen molar-refractivity contribution in [3.63, 3.8) is 0 Å². The van der Waals surface area contributed by atoms with Gasteiger partial charge in [-0.15, -0.1) is 0 Å². The first-order valence-electron chi connectivity index (χ1n) is 10.7. The molecule has 2 aromatic carbocycles. The number of amides is 1. The summed E-state index contributed by atoms with van der Waals surface area (Å²) >= 11 is 0. The summed E-state index contributed by atoms with van der Waals surface area (Å²) in [6, 6.07) is 10.1. The molecular weight excluding hydrogens is 427 g/mol. The summed E-state index contributed by atoms with van der Waals surface area (Å²) in [5.41, 5.74) is 9.59. The third kappa shape index (κ3) is 3.89. The van der Waals surface area contributed by atoms with Crippen molar-refractivity contribution in [2.45, 2.75) is 13.3 Å². The van der Waals surface area contributed by atoms with Crippen LogP contribution in [0.25, 0.3) is 22.1 Å². The van der Waals surface area contributed by atoms with Gasteiger partial charge in [-0.3, -0.25) is 9.89 Å². The summed E-state index contributed by atoms with van der Waals surface area (Å²) < 4.78 is 25.3. The zero-order valence-corrected chi connectivity index (χ0v) is 18.0. The highest BCUT2D eigenvalue weighted by Crippen LogP contribution is 2.32. The number of aromatic amines is 1. The van der Waals surface area contributed by atoms with Crippen LogP contribution in [-0.4, -0.2) is 47.6 Å². The first-order chi connectivity index (χ1) is 16.0. The predicted molar refractivity (Wildman–Crippen MR) is 123 cm³/mol. The number of nitrogens with one attached hydrogen (secondary N) is 2. The lowest BCUT2D eigenvalue weighted by Crippen LogP contribution is -2.36. The highest BCUT2D eigenvalue weighted by atomic mass is 19.1. The molecule has 0 bridgehead atoms. The van der Waals surface area contributed by atoms with Crippen LogP contribution in [0, 0.1) is 5.82 Å². The number of carbonyl (C=O) groups excluding carboxylic acids is 1. The lowest BCUT2D eigenvalue weighted by Gasteiger charge is -2.29. The smallest absolute Gasteiger partial charge is 0.274 e. The number of nitrogens with zero attached hydrogens (tertiary/aromatic N) is 3. The van der Waals surface area contributed by atoms with Gasteiger partial charge in [-0.1, -0.05) is 18.1 Å². The molecule has 0 aliphatic carbocycles. The maximum absolute atomic E-state index is 14.8. The van der Waals surface area contributed by atoms with E-state index in [1.54, 1.807) is 24.3 Å². The minimum absolute atomic E-state index is 0.0920. The maximum Gasteiger partial charge on any atom is 0.274 e. The number of nitrogen functional groups attached to an aromatic ring is 1. The van der Waals surface area contributed by atoms with Crippen LogP contribution in [0.2, 0.25) is 0 Å². The van der Waals surface area contributed by atoms with Gasteiger partial charge in [-0.2, -0.15) is 5.10 Å². The first-order valence-corrected chi connectivity index (χ1v) is 10.7. The van der Waals surface area contributed by atoms with E-state index in [1.165, 1.54) is 6.07 Å². The summed E-state index contributed by atoms with van der Waals surface area (Å²) in [6.07, 6.45) is 0.596. The Morgan fingerprint density at radius 3 is 2.82 bits per heavy atom. The molecule has 9 nitrogen and oxygen atoms in total. The SMILES string of the molecule is CCc1n[nH]c(C(=O)Nc2ccc(N3CCOCC3)cc2F)c1-c1ccc2onc(N)c2c1. The molecule has 3 heterocycles. The van der Waals surface area contributed by atoms with Gasteiger partial charge in [0.05, 0.1) is 30.0 Å². The van der Waals surface area contributed by atoms with Crippen molar-refractivity contribution in [2.75, 3.05) is 42.3 Å². The lowest BCUT2D eigenvalue weighted by molar-refractivity contribution is 0.102. The number of ether oxygens (including phenoxy) is 1. The number of nitrogens with two attached hydrogens (primary N) is 1. The summed E-state index contributed by atoms with van der Waals surface area (Å²) in [5.74, 6) is -0.738. The number of anilines is 3. The molecule has 10 heteroatoms. The number of morpholine rings is 1. The second-order valence-corrected chi connectivity index (χ2v) is 7.77. The predicted octanol–water partition coefficient (Wildman–Crippen LogP) is 3.59. The van der Waals surface area contributed by atoms with Crippen LogP contribution in [0.5, 0.6) is 0 Å². The molecule has 1 aliphatic heterocycles. The fraction of sp³-hybridized carbons (Fsp3) is 0.261. The third-order valence-corrected chi connectivity index (χ3v) is 5.77. The molecular formula is C23H23FN6O3. The molecule has 4 N–H and O–H groups in total. The van der Waals surface area contributed by atoms with E-state index in [0.29, 0.717) is 55.0 Å². The zero-order valence-electron chi connectivity index (χ0n) is 18.0. The normalized spacial score (nSPS) is 14.1. The highest BCUT2D eigenvalue weighted by Gasteiger charge is 2.22. The Kier molecular flexibility index (Phi) is 5.43. The highest BCUT2D eigenvalue weighted by molar-refractivity contribution is 6.08. The van der Waals surface area contributed by atoms with Crippen LogP contribution in [0.1, 0.15) is 23.1 Å². The van der Waals surface area contributed by atoms with Crippen LogP contribution in [0.3, 0.4) is 0 Å². The molecule has 2 aromatic heterocycles. The van der Waals surface area contributed by atoms with Crippen LogP contribution in [0.15, 0.2) is 40.9 Å². The van der Waals surface area contributed by atoms with Crippen molar-refractivity contribution < 1.29 is 18.4 Å². The van der Waals surface area contributed by atoms with Gasteiger partial charge in [0, 0.05) is 24.3 Å². The molecule has 0 spiro atoms. The number of hydrogen-bond acceptors (Lipinski definition) is 7. The Bertz CT molecular complexity index is 1330. The molecule has 1 fully saturated rings. The third-order valence-electron chi connectivity index (χ3n) is 5.77. The number of halogens is 1. The molecule has 0 radical (unpaired) electrons. The Balaban J connectivity index is 1.44. The van der Waals surface area contributed by atoms with Crippen molar-refractivity contribution >= 4 is 34.1 Å². The monoisotopic (exact) mass is 450 g/mol.